The van der Waals surface area contributed by atoms with E-state index in [-0.39, 0.29) is 0 Å². The Morgan fingerprint density at radius 3 is 2.43 bits per heavy atom. The van der Waals surface area contributed by atoms with Crippen LogP contribution in [0.2, 0.25) is 0 Å². The summed E-state index contributed by atoms with van der Waals surface area (Å²) < 4.78 is 0. The molecule has 0 aromatic carbocycles. The highest BCUT2D eigenvalue weighted by atomic mass is 16.7. The summed E-state index contributed by atoms with van der Waals surface area (Å²) in [5.41, 5.74) is -0.434. The van der Waals surface area contributed by atoms with Crippen molar-refractivity contribution in [2.45, 2.75) is 46.6 Å². The number of carbonyl (C=O) groups is 1. The lowest BCUT2D eigenvalue weighted by Gasteiger charge is -2.18. The maximum Gasteiger partial charge on any atom is 0.350 e. The molecule has 1 unspecified atom stereocenters. The van der Waals surface area contributed by atoms with Gasteiger partial charge >= 0.3 is 5.97 Å². The first kappa shape index (κ1) is 12.9. The van der Waals surface area contributed by atoms with Gasteiger partial charge in [0.05, 0.1) is 5.71 Å². The maximum absolute atomic E-state index is 10.7. The van der Waals surface area contributed by atoms with Gasteiger partial charge in [0.1, 0.15) is 0 Å². The molecule has 1 N–H and O–H groups in total. The molecule has 0 amide bonds. The molecule has 0 radical (unpaired) electrons. The van der Waals surface area contributed by atoms with Gasteiger partial charge < -0.3 is 9.94 Å². The molecule has 0 aliphatic rings. The van der Waals surface area contributed by atoms with Gasteiger partial charge in [0, 0.05) is 0 Å². The molecule has 14 heavy (non-hydrogen) atoms. The number of hydrogen-bond donors (Lipinski definition) is 1. The van der Waals surface area contributed by atoms with Crippen molar-refractivity contribution in [2.24, 2.45) is 11.1 Å². The molecule has 0 fully saturated rings. The van der Waals surface area contributed by atoms with Gasteiger partial charge in [0.2, 0.25) is 5.60 Å². The average molecular weight is 201 g/mol. The van der Waals surface area contributed by atoms with Gasteiger partial charge in [0.15, 0.2) is 0 Å². The largest absolute Gasteiger partial charge is 0.478 e. The molecule has 4 heteroatoms. The van der Waals surface area contributed by atoms with E-state index < -0.39 is 11.6 Å². The van der Waals surface area contributed by atoms with E-state index in [0.29, 0.717) is 5.92 Å². The third-order valence-electron chi connectivity index (χ3n) is 2.26. The van der Waals surface area contributed by atoms with Crippen molar-refractivity contribution in [1.29, 1.82) is 0 Å². The van der Waals surface area contributed by atoms with Gasteiger partial charge in [-0.2, -0.15) is 0 Å². The van der Waals surface area contributed by atoms with Crippen LogP contribution in [0.15, 0.2) is 5.16 Å². The molecule has 0 aromatic rings. The van der Waals surface area contributed by atoms with E-state index in [1.54, 1.807) is 0 Å². The van der Waals surface area contributed by atoms with Crippen LogP contribution in [0.1, 0.15) is 41.0 Å². The molecule has 4 nitrogen and oxygen atoms in total. The van der Waals surface area contributed by atoms with Gasteiger partial charge in [-0.1, -0.05) is 19.0 Å². The monoisotopic (exact) mass is 201 g/mol. The molecular weight excluding hydrogens is 182 g/mol. The van der Waals surface area contributed by atoms with Crippen LogP contribution < -0.4 is 0 Å². The summed E-state index contributed by atoms with van der Waals surface area (Å²) in [5.74, 6) is -0.696. The highest BCUT2D eigenvalue weighted by Gasteiger charge is 2.29. The van der Waals surface area contributed by atoms with Crippen LogP contribution in [0, 0.1) is 5.92 Å². The van der Waals surface area contributed by atoms with Crippen molar-refractivity contribution < 1.29 is 14.7 Å². The number of nitrogens with zero attached hydrogens (tertiary/aromatic N) is 1. The van der Waals surface area contributed by atoms with E-state index in [0.717, 1.165) is 12.1 Å². The zero-order valence-corrected chi connectivity index (χ0v) is 9.50. The topological polar surface area (TPSA) is 58.9 Å². The van der Waals surface area contributed by atoms with E-state index in [1.165, 1.54) is 13.8 Å². The first-order valence-corrected chi connectivity index (χ1v) is 4.77. The van der Waals surface area contributed by atoms with Crippen LogP contribution in [-0.2, 0) is 9.63 Å². The second kappa shape index (κ2) is 4.98. The molecule has 1 atom stereocenters. The standard InChI is InChI=1S/C10H19NO3/c1-6-7(2)8(3)11-14-10(4,5)9(12)13/h7H,6H2,1-5H3,(H,12,13)/b11-8+. The van der Waals surface area contributed by atoms with E-state index in [1.807, 2.05) is 20.8 Å². The Morgan fingerprint density at radius 2 is 2.07 bits per heavy atom. The molecule has 0 rings (SSSR count). The second-order valence-electron chi connectivity index (χ2n) is 3.95. The Bertz CT molecular complexity index is 234. The Labute approximate surface area is 84.9 Å². The molecule has 0 heterocycles. The van der Waals surface area contributed by atoms with Gasteiger partial charge in [-0.25, -0.2) is 4.79 Å². The van der Waals surface area contributed by atoms with Crippen LogP contribution in [0.5, 0.6) is 0 Å². The van der Waals surface area contributed by atoms with Crippen molar-refractivity contribution >= 4 is 11.7 Å². The lowest BCUT2D eigenvalue weighted by atomic mass is 10.1. The zero-order valence-electron chi connectivity index (χ0n) is 9.50. The predicted molar refractivity (Wildman–Crippen MR) is 55.4 cm³/mol. The summed E-state index contributed by atoms with van der Waals surface area (Å²) >= 11 is 0. The Hall–Kier alpha value is -1.06. The van der Waals surface area contributed by atoms with Gasteiger partial charge in [-0.05, 0) is 33.1 Å². The molecule has 0 aliphatic heterocycles. The third kappa shape index (κ3) is 3.77. The van der Waals surface area contributed by atoms with Crippen molar-refractivity contribution in [1.82, 2.24) is 0 Å². The lowest BCUT2D eigenvalue weighted by Crippen LogP contribution is -2.33. The fraction of sp³-hybridized carbons (Fsp3) is 0.800. The molecule has 0 aliphatic carbocycles. The van der Waals surface area contributed by atoms with Gasteiger partial charge in [-0.15, -0.1) is 0 Å². The molecular formula is C10H19NO3. The Balaban J connectivity index is 4.35. The fourth-order valence-corrected chi connectivity index (χ4v) is 0.611. The quantitative estimate of drug-likeness (QED) is 0.548. The summed E-state index contributed by atoms with van der Waals surface area (Å²) in [4.78, 5) is 15.6. The van der Waals surface area contributed by atoms with Crippen LogP contribution >= 0.6 is 0 Å². The van der Waals surface area contributed by atoms with Crippen LogP contribution in [0.3, 0.4) is 0 Å². The highest BCUT2D eigenvalue weighted by molar-refractivity contribution is 5.83. The normalized spacial score (nSPS) is 15.1. The number of hydrogen-bond acceptors (Lipinski definition) is 3. The third-order valence-corrected chi connectivity index (χ3v) is 2.26. The SMILES string of the molecule is CCC(C)/C(C)=N/OC(C)(C)C(=O)O. The van der Waals surface area contributed by atoms with Crippen LogP contribution in [-0.4, -0.2) is 22.4 Å². The predicted octanol–water partition coefficient (Wildman–Crippen LogP) is 2.29. The lowest BCUT2D eigenvalue weighted by molar-refractivity contribution is -0.161. The van der Waals surface area contributed by atoms with Gasteiger partial charge in [0.25, 0.3) is 0 Å². The van der Waals surface area contributed by atoms with Crippen molar-refractivity contribution in [3.63, 3.8) is 0 Å². The highest BCUT2D eigenvalue weighted by Crippen LogP contribution is 2.11. The molecule has 0 saturated carbocycles. The fourth-order valence-electron chi connectivity index (χ4n) is 0.611. The number of carboxylic acid groups (broad SMARTS) is 1. The van der Waals surface area contributed by atoms with E-state index in [9.17, 15) is 4.79 Å². The Kier molecular flexibility index (Phi) is 4.60. The minimum Gasteiger partial charge on any atom is -0.478 e. The summed E-state index contributed by atoms with van der Waals surface area (Å²) in [7, 11) is 0. The second-order valence-corrected chi connectivity index (χ2v) is 3.95. The molecule has 0 saturated heterocycles. The Morgan fingerprint density at radius 1 is 1.57 bits per heavy atom. The van der Waals surface area contributed by atoms with Crippen LogP contribution in [0.25, 0.3) is 0 Å². The first-order valence-electron chi connectivity index (χ1n) is 4.77. The smallest absolute Gasteiger partial charge is 0.350 e. The molecule has 82 valence electrons. The minimum atomic E-state index is -1.26. The number of carboxylic acids is 1. The number of rotatable bonds is 5. The van der Waals surface area contributed by atoms with Crippen molar-refractivity contribution in [2.75, 3.05) is 0 Å². The average Bonchev–Trinajstić information content (AvgIpc) is 2.12. The van der Waals surface area contributed by atoms with Crippen molar-refractivity contribution in [3.05, 3.63) is 0 Å². The zero-order chi connectivity index (χ0) is 11.4. The maximum atomic E-state index is 10.7. The number of oxime groups is 1. The summed E-state index contributed by atoms with van der Waals surface area (Å²) in [5, 5.41) is 12.6. The van der Waals surface area contributed by atoms with Crippen LogP contribution in [0.4, 0.5) is 0 Å². The van der Waals surface area contributed by atoms with E-state index in [4.69, 9.17) is 9.94 Å². The molecule has 0 spiro atoms. The first-order chi connectivity index (χ1) is 6.31. The summed E-state index contributed by atoms with van der Waals surface area (Å²) in [6.45, 7) is 8.86. The minimum absolute atomic E-state index is 0.319. The molecule has 0 bridgehead atoms. The van der Waals surface area contributed by atoms with Gasteiger partial charge in [-0.3, -0.25) is 0 Å². The van der Waals surface area contributed by atoms with Crippen molar-refractivity contribution in [3.8, 4) is 0 Å². The molecule has 0 aromatic heterocycles. The summed E-state index contributed by atoms with van der Waals surface area (Å²) in [6.07, 6.45) is 0.964. The number of aliphatic carboxylic acids is 1. The van der Waals surface area contributed by atoms with E-state index in [2.05, 4.69) is 5.16 Å². The van der Waals surface area contributed by atoms with E-state index >= 15 is 0 Å². The summed E-state index contributed by atoms with van der Waals surface area (Å²) in [6, 6.07) is 0.